The Morgan fingerprint density at radius 2 is 2.09 bits per heavy atom. The normalized spacial score (nSPS) is 10.9. The summed E-state index contributed by atoms with van der Waals surface area (Å²) < 4.78 is 1.31. The molecule has 1 aromatic carbocycles. The number of nitrogens with one attached hydrogen (secondary N) is 1. The number of hydrogen-bond donors (Lipinski definition) is 1. The van der Waals surface area contributed by atoms with Crippen LogP contribution in [0.1, 0.15) is 10.4 Å². The second-order valence-corrected chi connectivity index (χ2v) is 6.78. The van der Waals surface area contributed by atoms with E-state index in [-0.39, 0.29) is 18.0 Å². The molecule has 1 N–H and O–H groups in total. The minimum Gasteiger partial charge on any atom is -0.323 e. The molecular formula is C16H14ClN3O2S. The molecule has 0 radical (unpaired) electrons. The second kappa shape index (κ2) is 6.14. The van der Waals surface area contributed by atoms with Crippen molar-refractivity contribution in [1.82, 2.24) is 9.55 Å². The van der Waals surface area contributed by atoms with Gasteiger partial charge in [0.05, 0.1) is 22.4 Å². The number of anilines is 1. The van der Waals surface area contributed by atoms with Crippen LogP contribution < -0.4 is 10.9 Å². The number of rotatable bonds is 3. The summed E-state index contributed by atoms with van der Waals surface area (Å²) in [7, 11) is 0. The smallest absolute Gasteiger partial charge is 0.262 e. The predicted molar refractivity (Wildman–Crippen MR) is 93.4 cm³/mol. The van der Waals surface area contributed by atoms with Crippen molar-refractivity contribution in [3.05, 3.63) is 56.4 Å². The minimum absolute atomic E-state index is 0.110. The first-order valence-electron chi connectivity index (χ1n) is 6.97. The van der Waals surface area contributed by atoms with Crippen molar-refractivity contribution < 1.29 is 4.79 Å². The zero-order chi connectivity index (χ0) is 16.6. The third kappa shape index (κ3) is 3.00. The van der Waals surface area contributed by atoms with Gasteiger partial charge in [0.2, 0.25) is 5.91 Å². The van der Waals surface area contributed by atoms with Crippen molar-refractivity contribution in [2.45, 2.75) is 20.4 Å². The van der Waals surface area contributed by atoms with Crippen molar-refractivity contribution in [2.24, 2.45) is 0 Å². The molecule has 2 heterocycles. The van der Waals surface area contributed by atoms with Crippen LogP contribution in [-0.4, -0.2) is 15.5 Å². The summed E-state index contributed by atoms with van der Waals surface area (Å²) in [5.74, 6) is -0.328. The highest BCUT2D eigenvalue weighted by Crippen LogP contribution is 2.25. The van der Waals surface area contributed by atoms with E-state index in [2.05, 4.69) is 10.3 Å². The molecule has 0 atom stereocenters. The van der Waals surface area contributed by atoms with Crippen LogP contribution in [0, 0.1) is 13.8 Å². The molecule has 2 aromatic heterocycles. The summed E-state index contributed by atoms with van der Waals surface area (Å²) >= 11 is 7.49. The van der Waals surface area contributed by atoms with Gasteiger partial charge in [-0.25, -0.2) is 4.98 Å². The average molecular weight is 348 g/mol. The van der Waals surface area contributed by atoms with Gasteiger partial charge in [0.25, 0.3) is 5.56 Å². The Labute approximate surface area is 141 Å². The lowest BCUT2D eigenvalue weighted by atomic mass is 10.2. The highest BCUT2D eigenvalue weighted by atomic mass is 35.5. The van der Waals surface area contributed by atoms with E-state index in [0.29, 0.717) is 20.9 Å². The SMILES string of the molecule is Cc1sc2ncn(CC(=O)Nc3ccccc3Cl)c(=O)c2c1C. The Hall–Kier alpha value is -2.18. The summed E-state index contributed by atoms with van der Waals surface area (Å²) in [5.41, 5.74) is 1.23. The number of aryl methyl sites for hydroxylation is 2. The minimum atomic E-state index is -0.328. The molecule has 0 saturated heterocycles. The predicted octanol–water partition coefficient (Wildman–Crippen LogP) is 3.37. The second-order valence-electron chi connectivity index (χ2n) is 5.17. The van der Waals surface area contributed by atoms with Crippen LogP contribution in [0.3, 0.4) is 0 Å². The lowest BCUT2D eigenvalue weighted by molar-refractivity contribution is -0.116. The lowest BCUT2D eigenvalue weighted by Crippen LogP contribution is -2.27. The standard InChI is InChI=1S/C16H14ClN3O2S/c1-9-10(2)23-15-14(9)16(22)20(8-18-15)7-13(21)19-12-6-4-3-5-11(12)17/h3-6,8H,7H2,1-2H3,(H,19,21). The van der Waals surface area contributed by atoms with Crippen molar-refractivity contribution in [1.29, 1.82) is 0 Å². The van der Waals surface area contributed by atoms with Gasteiger partial charge in [-0.1, -0.05) is 23.7 Å². The van der Waals surface area contributed by atoms with E-state index in [1.54, 1.807) is 24.3 Å². The molecule has 0 aliphatic rings. The number of aromatic nitrogens is 2. The number of thiophene rings is 1. The number of para-hydroxylation sites is 1. The Morgan fingerprint density at radius 1 is 1.35 bits per heavy atom. The van der Waals surface area contributed by atoms with Gasteiger partial charge in [0.1, 0.15) is 11.4 Å². The molecular weight excluding hydrogens is 334 g/mol. The molecule has 5 nitrogen and oxygen atoms in total. The Bertz CT molecular complexity index is 962. The summed E-state index contributed by atoms with van der Waals surface area (Å²) in [6.07, 6.45) is 1.41. The van der Waals surface area contributed by atoms with E-state index < -0.39 is 0 Å². The van der Waals surface area contributed by atoms with Gasteiger partial charge >= 0.3 is 0 Å². The molecule has 118 valence electrons. The average Bonchev–Trinajstić information content (AvgIpc) is 2.80. The van der Waals surface area contributed by atoms with Crippen molar-refractivity contribution >= 4 is 44.7 Å². The molecule has 23 heavy (non-hydrogen) atoms. The quantitative estimate of drug-likeness (QED) is 0.790. The number of carbonyl (C=O) groups excluding carboxylic acids is 1. The lowest BCUT2D eigenvalue weighted by Gasteiger charge is -2.08. The fraction of sp³-hybridized carbons (Fsp3) is 0.188. The number of amides is 1. The topological polar surface area (TPSA) is 64.0 Å². The zero-order valence-corrected chi connectivity index (χ0v) is 14.2. The fourth-order valence-corrected chi connectivity index (χ4v) is 3.46. The maximum Gasteiger partial charge on any atom is 0.262 e. The molecule has 7 heteroatoms. The Balaban J connectivity index is 1.88. The monoisotopic (exact) mass is 347 g/mol. The zero-order valence-electron chi connectivity index (χ0n) is 12.6. The number of carbonyl (C=O) groups is 1. The molecule has 0 aliphatic heterocycles. The van der Waals surface area contributed by atoms with Gasteiger partial charge in [-0.15, -0.1) is 11.3 Å². The molecule has 0 saturated carbocycles. The van der Waals surface area contributed by atoms with Gasteiger partial charge in [-0.05, 0) is 31.5 Å². The van der Waals surface area contributed by atoms with Crippen LogP contribution in [0.5, 0.6) is 0 Å². The highest BCUT2D eigenvalue weighted by molar-refractivity contribution is 7.18. The Kier molecular flexibility index (Phi) is 4.19. The van der Waals surface area contributed by atoms with Crippen molar-refractivity contribution in [3.63, 3.8) is 0 Å². The van der Waals surface area contributed by atoms with Crippen molar-refractivity contribution in [3.8, 4) is 0 Å². The molecule has 3 rings (SSSR count). The van der Waals surface area contributed by atoms with Crippen molar-refractivity contribution in [2.75, 3.05) is 5.32 Å². The van der Waals surface area contributed by atoms with Crippen LogP contribution in [0.4, 0.5) is 5.69 Å². The van der Waals surface area contributed by atoms with Gasteiger partial charge in [0, 0.05) is 4.88 Å². The van der Waals surface area contributed by atoms with E-state index >= 15 is 0 Å². The van der Waals surface area contributed by atoms with E-state index in [9.17, 15) is 9.59 Å². The maximum atomic E-state index is 12.5. The molecule has 1 amide bonds. The molecule has 0 spiro atoms. The van der Waals surface area contributed by atoms with Gasteiger partial charge < -0.3 is 5.32 Å². The Morgan fingerprint density at radius 3 is 2.83 bits per heavy atom. The molecule has 3 aromatic rings. The van der Waals surface area contributed by atoms with E-state index in [1.807, 2.05) is 13.8 Å². The van der Waals surface area contributed by atoms with Gasteiger partial charge in [-0.2, -0.15) is 0 Å². The summed E-state index contributed by atoms with van der Waals surface area (Å²) in [6, 6.07) is 6.95. The molecule has 0 fully saturated rings. The first-order chi connectivity index (χ1) is 11.0. The summed E-state index contributed by atoms with van der Waals surface area (Å²) in [4.78, 5) is 30.7. The molecule has 0 bridgehead atoms. The highest BCUT2D eigenvalue weighted by Gasteiger charge is 2.14. The third-order valence-corrected chi connectivity index (χ3v) is 5.06. The van der Waals surface area contributed by atoms with Crippen LogP contribution in [0.15, 0.2) is 35.4 Å². The molecule has 0 aliphatic carbocycles. The number of halogens is 1. The van der Waals surface area contributed by atoms with E-state index in [1.165, 1.54) is 22.2 Å². The van der Waals surface area contributed by atoms with Crippen LogP contribution in [-0.2, 0) is 11.3 Å². The number of nitrogens with zero attached hydrogens (tertiary/aromatic N) is 2. The summed E-state index contributed by atoms with van der Waals surface area (Å²) in [5, 5.41) is 3.73. The summed E-state index contributed by atoms with van der Waals surface area (Å²) in [6.45, 7) is 3.74. The number of hydrogen-bond acceptors (Lipinski definition) is 4. The van der Waals surface area contributed by atoms with E-state index in [0.717, 1.165) is 10.4 Å². The number of benzene rings is 1. The van der Waals surface area contributed by atoms with Crippen LogP contribution in [0.25, 0.3) is 10.2 Å². The van der Waals surface area contributed by atoms with Crippen LogP contribution >= 0.6 is 22.9 Å². The largest absolute Gasteiger partial charge is 0.323 e. The first kappa shape index (κ1) is 15.7. The maximum absolute atomic E-state index is 12.5. The van der Waals surface area contributed by atoms with Gasteiger partial charge in [0.15, 0.2) is 0 Å². The fourth-order valence-electron chi connectivity index (χ4n) is 2.29. The first-order valence-corrected chi connectivity index (χ1v) is 8.16. The van der Waals surface area contributed by atoms with E-state index in [4.69, 9.17) is 11.6 Å². The third-order valence-electron chi connectivity index (χ3n) is 3.62. The molecule has 0 unspecified atom stereocenters. The van der Waals surface area contributed by atoms with Gasteiger partial charge in [-0.3, -0.25) is 14.2 Å². The van der Waals surface area contributed by atoms with Crippen LogP contribution in [0.2, 0.25) is 5.02 Å². The number of fused-ring (bicyclic) bond motifs is 1.